The molecule has 0 radical (unpaired) electrons. The van der Waals surface area contributed by atoms with Crippen LogP contribution in [0.5, 0.6) is 0 Å². The Bertz CT molecular complexity index is 1200. The topological polar surface area (TPSA) is 96.2 Å². The summed E-state index contributed by atoms with van der Waals surface area (Å²) in [5.41, 5.74) is 4.43. The molecule has 1 aromatic heterocycles. The molecule has 1 atom stereocenters. The summed E-state index contributed by atoms with van der Waals surface area (Å²) < 4.78 is 1.67. The first-order valence-corrected chi connectivity index (χ1v) is 10.6. The Morgan fingerprint density at radius 2 is 2.12 bits per heavy atom. The summed E-state index contributed by atoms with van der Waals surface area (Å²) >= 11 is 6.13. The standard InChI is InChI=1S/C24H23ClN4O3/c1-15-5-6-17(21-7-8-29(28-21)9-10-30)12-22(15)27-24(32)20-14-26-23(31)13-19(20)16-3-2-4-18(25)11-16/h2-8,11-12,14,19,30H,9-10,13H2,1H3,(H,26,31)(H,27,32). The Morgan fingerprint density at radius 3 is 2.91 bits per heavy atom. The van der Waals surface area contributed by atoms with Gasteiger partial charge in [-0.1, -0.05) is 35.9 Å². The minimum absolute atomic E-state index is 0.00969. The van der Waals surface area contributed by atoms with Crippen LogP contribution in [-0.4, -0.2) is 33.3 Å². The van der Waals surface area contributed by atoms with Crippen molar-refractivity contribution in [2.24, 2.45) is 0 Å². The summed E-state index contributed by atoms with van der Waals surface area (Å²) in [5, 5.41) is 19.7. The van der Waals surface area contributed by atoms with Crippen molar-refractivity contribution in [2.75, 3.05) is 11.9 Å². The molecule has 0 spiro atoms. The second-order valence-corrected chi connectivity index (χ2v) is 8.09. The molecule has 0 saturated heterocycles. The first-order chi connectivity index (χ1) is 15.4. The number of nitrogens with zero attached hydrogens (tertiary/aromatic N) is 2. The fourth-order valence-electron chi connectivity index (χ4n) is 3.71. The van der Waals surface area contributed by atoms with Crippen LogP contribution in [0.2, 0.25) is 5.02 Å². The van der Waals surface area contributed by atoms with Gasteiger partial charge in [0.25, 0.3) is 5.91 Å². The van der Waals surface area contributed by atoms with E-state index in [-0.39, 0.29) is 30.8 Å². The second kappa shape index (κ2) is 9.38. The zero-order valence-corrected chi connectivity index (χ0v) is 18.3. The Labute approximate surface area is 190 Å². The first-order valence-electron chi connectivity index (χ1n) is 10.3. The lowest BCUT2D eigenvalue weighted by atomic mass is 9.86. The number of hydrogen-bond donors (Lipinski definition) is 3. The average Bonchev–Trinajstić information content (AvgIpc) is 3.24. The number of aliphatic hydroxyl groups is 1. The van der Waals surface area contributed by atoms with E-state index in [0.29, 0.717) is 22.8 Å². The van der Waals surface area contributed by atoms with Crippen LogP contribution in [0.4, 0.5) is 5.69 Å². The highest BCUT2D eigenvalue weighted by atomic mass is 35.5. The van der Waals surface area contributed by atoms with Crippen LogP contribution in [-0.2, 0) is 16.1 Å². The van der Waals surface area contributed by atoms with Crippen LogP contribution < -0.4 is 10.6 Å². The van der Waals surface area contributed by atoms with Gasteiger partial charge in [-0.25, -0.2) is 0 Å². The van der Waals surface area contributed by atoms with E-state index in [1.807, 2.05) is 43.3 Å². The molecule has 32 heavy (non-hydrogen) atoms. The summed E-state index contributed by atoms with van der Waals surface area (Å²) in [7, 11) is 0. The van der Waals surface area contributed by atoms with Gasteiger partial charge < -0.3 is 15.7 Å². The highest BCUT2D eigenvalue weighted by Gasteiger charge is 2.29. The zero-order valence-electron chi connectivity index (χ0n) is 17.5. The molecule has 3 N–H and O–H groups in total. The van der Waals surface area contributed by atoms with Crippen LogP contribution in [0.15, 0.2) is 66.5 Å². The minimum atomic E-state index is -0.389. The summed E-state index contributed by atoms with van der Waals surface area (Å²) in [6, 6.07) is 14.8. The molecule has 0 fully saturated rings. The molecule has 8 heteroatoms. The molecule has 164 valence electrons. The SMILES string of the molecule is Cc1ccc(-c2ccn(CCO)n2)cc1NC(=O)C1=CNC(=O)CC1c1cccc(Cl)c1. The molecular weight excluding hydrogens is 428 g/mol. The van der Waals surface area contributed by atoms with Crippen molar-refractivity contribution < 1.29 is 14.7 Å². The Kier molecular flexibility index (Phi) is 6.39. The molecule has 7 nitrogen and oxygen atoms in total. The van der Waals surface area contributed by atoms with Gasteiger partial charge in [-0.15, -0.1) is 0 Å². The predicted octanol–water partition coefficient (Wildman–Crippen LogP) is 3.63. The summed E-state index contributed by atoms with van der Waals surface area (Å²) in [4.78, 5) is 25.2. The number of carbonyl (C=O) groups is 2. The highest BCUT2D eigenvalue weighted by molar-refractivity contribution is 6.30. The van der Waals surface area contributed by atoms with Gasteiger partial charge in [-0.3, -0.25) is 14.3 Å². The number of rotatable bonds is 6. The highest BCUT2D eigenvalue weighted by Crippen LogP contribution is 2.33. The Balaban J connectivity index is 1.60. The van der Waals surface area contributed by atoms with Crippen molar-refractivity contribution in [3.8, 4) is 11.3 Å². The van der Waals surface area contributed by atoms with Crippen molar-refractivity contribution >= 4 is 29.1 Å². The van der Waals surface area contributed by atoms with Crippen molar-refractivity contribution in [1.29, 1.82) is 0 Å². The van der Waals surface area contributed by atoms with Crippen molar-refractivity contribution in [3.63, 3.8) is 0 Å². The van der Waals surface area contributed by atoms with Gasteiger partial charge >= 0.3 is 0 Å². The minimum Gasteiger partial charge on any atom is -0.394 e. The van der Waals surface area contributed by atoms with E-state index >= 15 is 0 Å². The smallest absolute Gasteiger partial charge is 0.253 e. The molecule has 2 amide bonds. The third-order valence-electron chi connectivity index (χ3n) is 5.42. The van der Waals surface area contributed by atoms with E-state index in [9.17, 15) is 9.59 Å². The number of aliphatic hydroxyl groups excluding tert-OH is 1. The molecule has 2 aromatic carbocycles. The average molecular weight is 451 g/mol. The number of amides is 2. The molecule has 0 aliphatic carbocycles. The fraction of sp³-hybridized carbons (Fsp3) is 0.208. The number of aryl methyl sites for hydroxylation is 1. The van der Waals surface area contributed by atoms with E-state index in [2.05, 4.69) is 15.7 Å². The maximum Gasteiger partial charge on any atom is 0.253 e. The first kappa shape index (κ1) is 21.8. The Morgan fingerprint density at radius 1 is 1.28 bits per heavy atom. The van der Waals surface area contributed by atoms with Gasteiger partial charge in [0, 0.05) is 46.6 Å². The lowest BCUT2D eigenvalue weighted by Gasteiger charge is -2.24. The van der Waals surface area contributed by atoms with Crippen molar-refractivity contribution in [2.45, 2.75) is 25.8 Å². The number of aromatic nitrogens is 2. The van der Waals surface area contributed by atoms with Gasteiger partial charge in [0.05, 0.1) is 18.8 Å². The molecule has 4 rings (SSSR count). The number of hydrogen-bond acceptors (Lipinski definition) is 4. The summed E-state index contributed by atoms with van der Waals surface area (Å²) in [6.45, 7) is 2.34. The molecular formula is C24H23ClN4O3. The number of anilines is 1. The van der Waals surface area contributed by atoms with Crippen molar-refractivity contribution in [3.05, 3.63) is 82.7 Å². The van der Waals surface area contributed by atoms with E-state index < -0.39 is 0 Å². The molecule has 1 aliphatic rings. The maximum absolute atomic E-state index is 13.2. The molecule has 1 aliphatic heterocycles. The van der Waals surface area contributed by atoms with Gasteiger partial charge in [-0.2, -0.15) is 5.10 Å². The molecule has 1 unspecified atom stereocenters. The van der Waals surface area contributed by atoms with Crippen molar-refractivity contribution in [1.82, 2.24) is 15.1 Å². The largest absolute Gasteiger partial charge is 0.394 e. The van der Waals surface area contributed by atoms with Gasteiger partial charge in [0.1, 0.15) is 0 Å². The van der Waals surface area contributed by atoms with Crippen LogP contribution in [0, 0.1) is 6.92 Å². The third-order valence-corrected chi connectivity index (χ3v) is 5.65. The normalized spacial score (nSPS) is 15.8. The summed E-state index contributed by atoms with van der Waals surface area (Å²) in [5.74, 6) is -0.829. The lowest BCUT2D eigenvalue weighted by Crippen LogP contribution is -2.32. The van der Waals surface area contributed by atoms with Crippen LogP contribution in [0.3, 0.4) is 0 Å². The molecule has 0 saturated carbocycles. The monoisotopic (exact) mass is 450 g/mol. The van der Waals surface area contributed by atoms with E-state index in [1.165, 1.54) is 6.20 Å². The number of nitrogens with one attached hydrogen (secondary N) is 2. The van der Waals surface area contributed by atoms with E-state index in [1.54, 1.807) is 23.0 Å². The number of carbonyl (C=O) groups excluding carboxylic acids is 2. The second-order valence-electron chi connectivity index (χ2n) is 7.65. The fourth-order valence-corrected chi connectivity index (χ4v) is 3.91. The van der Waals surface area contributed by atoms with Crippen LogP contribution >= 0.6 is 11.6 Å². The number of halogens is 1. The van der Waals surface area contributed by atoms with Crippen LogP contribution in [0.25, 0.3) is 11.3 Å². The van der Waals surface area contributed by atoms with Crippen LogP contribution in [0.1, 0.15) is 23.5 Å². The predicted molar refractivity (Wildman–Crippen MR) is 123 cm³/mol. The quantitative estimate of drug-likeness (QED) is 0.534. The van der Waals surface area contributed by atoms with Gasteiger partial charge in [0.15, 0.2) is 0 Å². The van der Waals surface area contributed by atoms with E-state index in [0.717, 1.165) is 22.4 Å². The lowest BCUT2D eigenvalue weighted by molar-refractivity contribution is -0.121. The molecule has 3 aromatic rings. The molecule has 0 bridgehead atoms. The number of benzene rings is 2. The maximum atomic E-state index is 13.2. The zero-order chi connectivity index (χ0) is 22.7. The third kappa shape index (κ3) is 4.74. The van der Waals surface area contributed by atoms with Gasteiger partial charge in [-0.05, 0) is 42.3 Å². The summed E-state index contributed by atoms with van der Waals surface area (Å²) in [6.07, 6.45) is 3.44. The Hall–Kier alpha value is -3.42. The van der Waals surface area contributed by atoms with Gasteiger partial charge in [0.2, 0.25) is 5.91 Å². The van der Waals surface area contributed by atoms with E-state index in [4.69, 9.17) is 16.7 Å². The molecule has 2 heterocycles.